The molecule has 0 saturated heterocycles. The van der Waals surface area contributed by atoms with E-state index in [0.717, 1.165) is 0 Å². The lowest BCUT2D eigenvalue weighted by Crippen LogP contribution is -2.40. The van der Waals surface area contributed by atoms with E-state index < -0.39 is 5.60 Å². The minimum Gasteiger partial charge on any atom is -0.490 e. The Morgan fingerprint density at radius 2 is 1.68 bits per heavy atom. The molecule has 0 aromatic heterocycles. The van der Waals surface area contributed by atoms with Gasteiger partial charge in [-0.3, -0.25) is 0 Å². The highest BCUT2D eigenvalue weighted by molar-refractivity contribution is 5.25. The van der Waals surface area contributed by atoms with Gasteiger partial charge < -0.3 is 15.6 Å². The van der Waals surface area contributed by atoms with E-state index in [4.69, 9.17) is 10.5 Å². The summed E-state index contributed by atoms with van der Waals surface area (Å²) in [7, 11) is 0. The molecule has 0 radical (unpaired) electrons. The Hall–Kier alpha value is -1.91. The number of halogens is 1. The second-order valence-corrected chi connectivity index (χ2v) is 4.34. The first-order valence-corrected chi connectivity index (χ1v) is 6.00. The minimum atomic E-state index is -1.25. The Balaban J connectivity index is 2.09. The molecule has 19 heavy (non-hydrogen) atoms. The van der Waals surface area contributed by atoms with Gasteiger partial charge in [-0.15, -0.1) is 0 Å². The third-order valence-corrected chi connectivity index (χ3v) is 2.94. The number of hydrogen-bond donors (Lipinski definition) is 2. The van der Waals surface area contributed by atoms with Crippen LogP contribution in [0.1, 0.15) is 5.56 Å². The van der Waals surface area contributed by atoms with E-state index in [1.807, 2.05) is 18.2 Å². The topological polar surface area (TPSA) is 55.5 Å². The van der Waals surface area contributed by atoms with Crippen molar-refractivity contribution in [2.24, 2.45) is 5.73 Å². The predicted octanol–water partition coefficient (Wildman–Crippen LogP) is 2.05. The van der Waals surface area contributed by atoms with Gasteiger partial charge in [-0.2, -0.15) is 0 Å². The summed E-state index contributed by atoms with van der Waals surface area (Å²) < 4.78 is 18.2. The summed E-state index contributed by atoms with van der Waals surface area (Å²) in [6.45, 7) is 0.0529. The summed E-state index contributed by atoms with van der Waals surface area (Å²) in [6, 6.07) is 14.7. The van der Waals surface area contributed by atoms with E-state index in [1.54, 1.807) is 12.1 Å². The smallest absolute Gasteiger partial charge is 0.136 e. The van der Waals surface area contributed by atoms with Crippen molar-refractivity contribution in [3.63, 3.8) is 0 Å². The van der Waals surface area contributed by atoms with Crippen molar-refractivity contribution < 1.29 is 14.2 Å². The van der Waals surface area contributed by atoms with Crippen molar-refractivity contribution in [1.82, 2.24) is 0 Å². The molecular formula is C15H16FNO2. The zero-order valence-electron chi connectivity index (χ0n) is 10.4. The van der Waals surface area contributed by atoms with Gasteiger partial charge in [0, 0.05) is 6.54 Å². The number of nitrogens with two attached hydrogens (primary N) is 1. The van der Waals surface area contributed by atoms with E-state index in [9.17, 15) is 9.50 Å². The van der Waals surface area contributed by atoms with Crippen LogP contribution in [0.25, 0.3) is 0 Å². The summed E-state index contributed by atoms with van der Waals surface area (Å²) in [5, 5.41) is 10.5. The summed E-state index contributed by atoms with van der Waals surface area (Å²) in [6.07, 6.45) is 0. The van der Waals surface area contributed by atoms with Crippen molar-refractivity contribution in [2.75, 3.05) is 13.2 Å². The number of aliphatic hydroxyl groups is 1. The molecule has 1 atom stereocenters. The minimum absolute atomic E-state index is 0.0130. The van der Waals surface area contributed by atoms with Crippen molar-refractivity contribution in [3.05, 3.63) is 66.0 Å². The zero-order chi connectivity index (χ0) is 13.7. The Kier molecular flexibility index (Phi) is 4.14. The van der Waals surface area contributed by atoms with E-state index in [2.05, 4.69) is 0 Å². The molecule has 0 bridgehead atoms. The fourth-order valence-electron chi connectivity index (χ4n) is 1.74. The molecule has 3 nitrogen and oxygen atoms in total. The lowest BCUT2D eigenvalue weighted by atomic mass is 9.95. The quantitative estimate of drug-likeness (QED) is 0.866. The molecule has 0 aliphatic carbocycles. The first-order valence-electron chi connectivity index (χ1n) is 6.00. The maximum absolute atomic E-state index is 12.8. The first kappa shape index (κ1) is 13.5. The van der Waals surface area contributed by atoms with Crippen LogP contribution in [0.2, 0.25) is 0 Å². The maximum atomic E-state index is 12.8. The van der Waals surface area contributed by atoms with Crippen molar-refractivity contribution in [1.29, 1.82) is 0 Å². The third kappa shape index (κ3) is 3.30. The summed E-state index contributed by atoms with van der Waals surface area (Å²) in [5.74, 6) is 0.161. The van der Waals surface area contributed by atoms with Crippen LogP contribution >= 0.6 is 0 Å². The average Bonchev–Trinajstić information content (AvgIpc) is 2.47. The third-order valence-electron chi connectivity index (χ3n) is 2.94. The molecule has 3 N–H and O–H groups in total. The van der Waals surface area contributed by atoms with Crippen LogP contribution in [0, 0.1) is 5.82 Å². The molecule has 0 heterocycles. The van der Waals surface area contributed by atoms with Crippen LogP contribution < -0.4 is 10.5 Å². The zero-order valence-corrected chi connectivity index (χ0v) is 10.4. The fraction of sp³-hybridized carbons (Fsp3) is 0.200. The van der Waals surface area contributed by atoms with Crippen LogP contribution in [0.15, 0.2) is 54.6 Å². The van der Waals surface area contributed by atoms with Crippen LogP contribution in [0.3, 0.4) is 0 Å². The lowest BCUT2D eigenvalue weighted by Gasteiger charge is -2.27. The summed E-state index contributed by atoms with van der Waals surface area (Å²) in [4.78, 5) is 0. The van der Waals surface area contributed by atoms with Gasteiger partial charge in [-0.05, 0) is 29.8 Å². The standard InChI is InChI=1S/C15H16FNO2/c16-13-6-8-14(9-7-13)19-11-15(18,10-17)12-4-2-1-3-5-12/h1-9,18H,10-11,17H2. The van der Waals surface area contributed by atoms with E-state index in [0.29, 0.717) is 11.3 Å². The molecule has 1 unspecified atom stereocenters. The van der Waals surface area contributed by atoms with Gasteiger partial charge >= 0.3 is 0 Å². The Morgan fingerprint density at radius 1 is 1.05 bits per heavy atom. The second-order valence-electron chi connectivity index (χ2n) is 4.34. The number of rotatable bonds is 5. The predicted molar refractivity (Wildman–Crippen MR) is 71.3 cm³/mol. The number of hydrogen-bond acceptors (Lipinski definition) is 3. The highest BCUT2D eigenvalue weighted by atomic mass is 19.1. The van der Waals surface area contributed by atoms with E-state index >= 15 is 0 Å². The number of ether oxygens (including phenoxy) is 1. The Morgan fingerprint density at radius 3 is 2.26 bits per heavy atom. The maximum Gasteiger partial charge on any atom is 0.136 e. The van der Waals surface area contributed by atoms with Gasteiger partial charge in [0.25, 0.3) is 0 Å². The van der Waals surface area contributed by atoms with Crippen molar-refractivity contribution >= 4 is 0 Å². The van der Waals surface area contributed by atoms with Gasteiger partial charge in [0.05, 0.1) is 0 Å². The van der Waals surface area contributed by atoms with Crippen molar-refractivity contribution in [3.8, 4) is 5.75 Å². The molecule has 2 aromatic rings. The highest BCUT2D eigenvalue weighted by Crippen LogP contribution is 2.22. The molecule has 0 amide bonds. The molecule has 2 aromatic carbocycles. The summed E-state index contributed by atoms with van der Waals surface area (Å²) >= 11 is 0. The summed E-state index contributed by atoms with van der Waals surface area (Å²) in [5.41, 5.74) is 5.08. The van der Waals surface area contributed by atoms with Crippen LogP contribution in [0.4, 0.5) is 4.39 Å². The van der Waals surface area contributed by atoms with Gasteiger partial charge in [0.15, 0.2) is 0 Å². The number of benzene rings is 2. The van der Waals surface area contributed by atoms with Gasteiger partial charge in [0.1, 0.15) is 23.8 Å². The SMILES string of the molecule is NCC(O)(COc1ccc(F)cc1)c1ccccc1. The Labute approximate surface area is 111 Å². The molecule has 0 aliphatic heterocycles. The van der Waals surface area contributed by atoms with Gasteiger partial charge in [-0.1, -0.05) is 30.3 Å². The molecule has 0 saturated carbocycles. The molecular weight excluding hydrogens is 245 g/mol. The van der Waals surface area contributed by atoms with E-state index in [1.165, 1.54) is 24.3 Å². The molecule has 0 fully saturated rings. The monoisotopic (exact) mass is 261 g/mol. The molecule has 0 spiro atoms. The van der Waals surface area contributed by atoms with Crippen LogP contribution in [-0.4, -0.2) is 18.3 Å². The van der Waals surface area contributed by atoms with Crippen LogP contribution in [-0.2, 0) is 5.60 Å². The Bertz CT molecular complexity index is 515. The molecule has 0 aliphatic rings. The largest absolute Gasteiger partial charge is 0.490 e. The van der Waals surface area contributed by atoms with Gasteiger partial charge in [0.2, 0.25) is 0 Å². The molecule has 100 valence electrons. The second kappa shape index (κ2) is 5.82. The normalized spacial score (nSPS) is 13.8. The fourth-order valence-corrected chi connectivity index (χ4v) is 1.74. The van der Waals surface area contributed by atoms with Crippen molar-refractivity contribution in [2.45, 2.75) is 5.60 Å². The van der Waals surface area contributed by atoms with E-state index in [-0.39, 0.29) is 19.0 Å². The van der Waals surface area contributed by atoms with Crippen LogP contribution in [0.5, 0.6) is 5.75 Å². The highest BCUT2D eigenvalue weighted by Gasteiger charge is 2.28. The lowest BCUT2D eigenvalue weighted by molar-refractivity contribution is -0.00146. The average molecular weight is 261 g/mol. The molecule has 2 rings (SSSR count). The van der Waals surface area contributed by atoms with Gasteiger partial charge in [-0.25, -0.2) is 4.39 Å². The first-order chi connectivity index (χ1) is 9.14. The molecule has 4 heteroatoms.